The van der Waals surface area contributed by atoms with Crippen molar-refractivity contribution in [2.24, 2.45) is 0 Å². The van der Waals surface area contributed by atoms with Crippen LogP contribution in [0.4, 0.5) is 9.18 Å². The highest BCUT2D eigenvalue weighted by Crippen LogP contribution is 2.25. The third-order valence-electron chi connectivity index (χ3n) is 3.82. The minimum atomic E-state index is -0.834. The maximum atomic E-state index is 13.2. The Kier molecular flexibility index (Phi) is 6.96. The van der Waals surface area contributed by atoms with Crippen LogP contribution in [-0.4, -0.2) is 29.8 Å². The molecule has 0 radical (unpaired) electrons. The van der Waals surface area contributed by atoms with E-state index in [1.807, 2.05) is 13.8 Å². The van der Waals surface area contributed by atoms with E-state index in [1.165, 1.54) is 19.1 Å². The number of benzene rings is 1. The molecule has 0 aliphatic heterocycles. The lowest BCUT2D eigenvalue weighted by atomic mass is 9.92. The van der Waals surface area contributed by atoms with E-state index in [1.54, 1.807) is 33.8 Å². The number of rotatable bonds is 5. The smallest absolute Gasteiger partial charge is 0.408 e. The lowest BCUT2D eigenvalue weighted by Gasteiger charge is -2.25. The molecule has 140 valence electrons. The van der Waals surface area contributed by atoms with Gasteiger partial charge in [0.25, 0.3) is 0 Å². The van der Waals surface area contributed by atoms with E-state index in [9.17, 15) is 14.0 Å². The molecule has 0 unspecified atom stereocenters. The Balaban J connectivity index is 2.64. The van der Waals surface area contributed by atoms with Gasteiger partial charge in [0.15, 0.2) is 0 Å². The lowest BCUT2D eigenvalue weighted by Crippen LogP contribution is -2.43. The van der Waals surface area contributed by atoms with Crippen molar-refractivity contribution in [3.63, 3.8) is 0 Å². The predicted molar refractivity (Wildman–Crippen MR) is 93.9 cm³/mol. The van der Waals surface area contributed by atoms with Crippen LogP contribution in [0.25, 0.3) is 0 Å². The minimum absolute atomic E-state index is 0.113. The van der Waals surface area contributed by atoms with Crippen LogP contribution in [0.1, 0.15) is 58.6 Å². The van der Waals surface area contributed by atoms with Gasteiger partial charge in [0.2, 0.25) is 0 Å². The van der Waals surface area contributed by atoms with Crippen molar-refractivity contribution in [3.05, 3.63) is 35.1 Å². The van der Waals surface area contributed by atoms with Crippen LogP contribution in [0.2, 0.25) is 0 Å². The van der Waals surface area contributed by atoms with Crippen molar-refractivity contribution in [2.75, 3.05) is 0 Å². The molecule has 0 aromatic heterocycles. The van der Waals surface area contributed by atoms with Gasteiger partial charge in [0.05, 0.1) is 0 Å². The lowest BCUT2D eigenvalue weighted by molar-refractivity contribution is -0.151. The molecule has 1 N–H and O–H groups in total. The van der Waals surface area contributed by atoms with E-state index in [-0.39, 0.29) is 11.7 Å². The van der Waals surface area contributed by atoms with Crippen LogP contribution in [0.3, 0.4) is 0 Å². The summed E-state index contributed by atoms with van der Waals surface area (Å²) in [6.07, 6.45) is -1.11. The summed E-state index contributed by atoms with van der Waals surface area (Å²) < 4.78 is 23.8. The quantitative estimate of drug-likeness (QED) is 0.810. The average molecular weight is 353 g/mol. The summed E-state index contributed by atoms with van der Waals surface area (Å²) >= 11 is 0. The van der Waals surface area contributed by atoms with E-state index in [0.29, 0.717) is 0 Å². The Morgan fingerprint density at radius 3 is 2.28 bits per heavy atom. The van der Waals surface area contributed by atoms with Gasteiger partial charge < -0.3 is 14.8 Å². The normalized spacial score (nSPS) is 15.0. The highest BCUT2D eigenvalue weighted by molar-refractivity contribution is 5.81. The van der Waals surface area contributed by atoms with Gasteiger partial charge in [0.1, 0.15) is 23.6 Å². The van der Waals surface area contributed by atoms with Gasteiger partial charge in [0, 0.05) is 5.92 Å². The number of carbonyl (C=O) groups excluding carboxylic acids is 2. The van der Waals surface area contributed by atoms with E-state index in [2.05, 4.69) is 5.32 Å². The molecule has 0 bridgehead atoms. The highest BCUT2D eigenvalue weighted by Gasteiger charge is 2.25. The first-order valence-corrected chi connectivity index (χ1v) is 8.36. The average Bonchev–Trinajstić information content (AvgIpc) is 2.44. The molecule has 25 heavy (non-hydrogen) atoms. The van der Waals surface area contributed by atoms with Crippen molar-refractivity contribution < 1.29 is 23.5 Å². The van der Waals surface area contributed by atoms with Crippen molar-refractivity contribution in [3.8, 4) is 0 Å². The van der Waals surface area contributed by atoms with Gasteiger partial charge in [-0.3, -0.25) is 0 Å². The van der Waals surface area contributed by atoms with Gasteiger partial charge in [-0.05, 0) is 64.8 Å². The van der Waals surface area contributed by atoms with E-state index >= 15 is 0 Å². The number of carbonyl (C=O) groups is 2. The van der Waals surface area contributed by atoms with Crippen molar-refractivity contribution in [1.82, 2.24) is 5.32 Å². The molecule has 0 saturated carbocycles. The molecule has 0 heterocycles. The highest BCUT2D eigenvalue weighted by atomic mass is 19.1. The first kappa shape index (κ1) is 20.9. The fourth-order valence-corrected chi connectivity index (χ4v) is 2.33. The fourth-order valence-electron chi connectivity index (χ4n) is 2.33. The monoisotopic (exact) mass is 353 g/mol. The summed E-state index contributed by atoms with van der Waals surface area (Å²) in [5.74, 6) is -0.962. The number of alkyl carbamates (subject to hydrolysis) is 1. The second kappa shape index (κ2) is 8.32. The molecule has 3 atom stereocenters. The molecule has 1 rings (SSSR count). The maximum absolute atomic E-state index is 13.2. The number of hydrogen-bond acceptors (Lipinski definition) is 4. The fraction of sp³-hybridized carbons (Fsp3) is 0.579. The molecular formula is C19H28FNO4. The number of hydrogen-bond donors (Lipinski definition) is 1. The SMILES string of the molecule is Cc1cc(F)ccc1[C@@H](C)[C@@H](C)OC(=O)[C@H](C)NC(=O)OC(C)(C)C. The second-order valence-electron chi connectivity index (χ2n) is 7.30. The molecular weight excluding hydrogens is 325 g/mol. The molecule has 0 aliphatic carbocycles. The van der Waals surface area contributed by atoms with Gasteiger partial charge in [-0.15, -0.1) is 0 Å². The third kappa shape index (κ3) is 6.72. The van der Waals surface area contributed by atoms with Gasteiger partial charge >= 0.3 is 12.1 Å². The van der Waals surface area contributed by atoms with Crippen LogP contribution in [0, 0.1) is 12.7 Å². The number of aryl methyl sites for hydroxylation is 1. The molecule has 5 nitrogen and oxygen atoms in total. The van der Waals surface area contributed by atoms with Crippen molar-refractivity contribution >= 4 is 12.1 Å². The molecule has 6 heteroatoms. The van der Waals surface area contributed by atoms with Crippen LogP contribution >= 0.6 is 0 Å². The van der Waals surface area contributed by atoms with Crippen molar-refractivity contribution in [1.29, 1.82) is 0 Å². The van der Waals surface area contributed by atoms with Crippen molar-refractivity contribution in [2.45, 2.75) is 72.1 Å². The zero-order chi connectivity index (χ0) is 19.4. The summed E-state index contributed by atoms with van der Waals surface area (Å²) in [5, 5.41) is 2.45. The third-order valence-corrected chi connectivity index (χ3v) is 3.82. The molecule has 1 amide bonds. The zero-order valence-corrected chi connectivity index (χ0v) is 16.0. The predicted octanol–water partition coefficient (Wildman–Crippen LogP) is 4.08. The Morgan fingerprint density at radius 1 is 1.16 bits per heavy atom. The largest absolute Gasteiger partial charge is 0.461 e. The van der Waals surface area contributed by atoms with Crippen LogP contribution < -0.4 is 5.32 Å². The minimum Gasteiger partial charge on any atom is -0.461 e. The van der Waals surface area contributed by atoms with Crippen LogP contribution in [0.15, 0.2) is 18.2 Å². The molecule has 0 spiro atoms. The number of nitrogens with one attached hydrogen (secondary N) is 1. The van der Waals surface area contributed by atoms with Gasteiger partial charge in [-0.1, -0.05) is 13.0 Å². The Bertz CT molecular complexity index is 624. The zero-order valence-electron chi connectivity index (χ0n) is 16.0. The van der Waals surface area contributed by atoms with E-state index in [4.69, 9.17) is 9.47 Å². The Labute approximate surface area is 148 Å². The number of ether oxygens (including phenoxy) is 2. The van der Waals surface area contributed by atoms with Crippen LogP contribution in [-0.2, 0) is 14.3 Å². The first-order valence-electron chi connectivity index (χ1n) is 8.36. The standard InChI is InChI=1S/C19H28FNO4/c1-11-10-15(20)8-9-16(11)12(2)14(4)24-17(22)13(3)21-18(23)25-19(5,6)7/h8-10,12-14H,1-7H3,(H,21,23)/t12-,13-,14+/m0/s1. The number of halogens is 1. The molecule has 1 aromatic carbocycles. The summed E-state index contributed by atoms with van der Waals surface area (Å²) in [4.78, 5) is 23.9. The molecule has 1 aromatic rings. The molecule has 0 fully saturated rings. The number of esters is 1. The summed E-state index contributed by atoms with van der Waals surface area (Å²) in [5.41, 5.74) is 1.07. The Hall–Kier alpha value is -2.11. The van der Waals surface area contributed by atoms with E-state index in [0.717, 1.165) is 11.1 Å². The summed E-state index contributed by atoms with van der Waals surface area (Å²) in [6.45, 7) is 12.2. The number of amides is 1. The van der Waals surface area contributed by atoms with Gasteiger partial charge in [-0.2, -0.15) is 0 Å². The van der Waals surface area contributed by atoms with Gasteiger partial charge in [-0.25, -0.2) is 14.0 Å². The topological polar surface area (TPSA) is 64.6 Å². The second-order valence-corrected chi connectivity index (χ2v) is 7.30. The molecule has 0 aliphatic rings. The summed E-state index contributed by atoms with van der Waals surface area (Å²) in [7, 11) is 0. The van der Waals surface area contributed by atoms with Crippen LogP contribution in [0.5, 0.6) is 0 Å². The Morgan fingerprint density at radius 2 is 1.76 bits per heavy atom. The first-order chi connectivity index (χ1) is 11.4. The maximum Gasteiger partial charge on any atom is 0.408 e. The molecule has 0 saturated heterocycles. The summed E-state index contributed by atoms with van der Waals surface area (Å²) in [6, 6.07) is 3.70. The van der Waals surface area contributed by atoms with E-state index < -0.39 is 29.8 Å².